The summed E-state index contributed by atoms with van der Waals surface area (Å²) in [6.45, 7) is 3.05. The Kier molecular flexibility index (Phi) is 4.55. The molecule has 1 aliphatic heterocycles. The van der Waals surface area contributed by atoms with E-state index >= 15 is 0 Å². The predicted octanol–water partition coefficient (Wildman–Crippen LogP) is 2.47. The molecule has 2 atom stereocenters. The summed E-state index contributed by atoms with van der Waals surface area (Å²) < 4.78 is 2.16. The van der Waals surface area contributed by atoms with Crippen LogP contribution in [0, 0.1) is 5.92 Å². The van der Waals surface area contributed by atoms with E-state index in [4.69, 9.17) is 0 Å². The molecular formula is C19H26N6. The maximum absolute atomic E-state index is 4.32. The van der Waals surface area contributed by atoms with Crippen LogP contribution >= 0.6 is 0 Å². The Bertz CT molecular complexity index is 835. The number of benzene rings is 1. The maximum Gasteiger partial charge on any atom is 0.0946 e. The van der Waals surface area contributed by atoms with Gasteiger partial charge in [0, 0.05) is 31.7 Å². The molecule has 132 valence electrons. The minimum Gasteiger partial charge on any atom is -0.336 e. The first-order valence-corrected chi connectivity index (χ1v) is 9.01. The Labute approximate surface area is 148 Å². The van der Waals surface area contributed by atoms with E-state index in [1.807, 2.05) is 18.7 Å². The number of hydrogen-bond acceptors (Lipinski definition) is 4. The predicted molar refractivity (Wildman–Crippen MR) is 99.1 cm³/mol. The average molecular weight is 338 g/mol. The fourth-order valence-electron chi connectivity index (χ4n) is 4.09. The zero-order valence-corrected chi connectivity index (χ0v) is 14.9. The normalized spacial score (nSPS) is 21.8. The Balaban J connectivity index is 1.42. The molecule has 2 N–H and O–H groups in total. The molecule has 3 aromatic rings. The van der Waals surface area contributed by atoms with E-state index in [9.17, 15) is 0 Å². The van der Waals surface area contributed by atoms with E-state index in [-0.39, 0.29) is 0 Å². The highest BCUT2D eigenvalue weighted by Gasteiger charge is 2.31. The molecule has 25 heavy (non-hydrogen) atoms. The van der Waals surface area contributed by atoms with Gasteiger partial charge in [-0.3, -0.25) is 10.00 Å². The van der Waals surface area contributed by atoms with Crippen LogP contribution in [-0.2, 0) is 13.6 Å². The number of nitrogens with one attached hydrogen (secondary N) is 2. The number of hydrogen-bond donors (Lipinski definition) is 2. The van der Waals surface area contributed by atoms with Crippen LogP contribution in [0.2, 0.25) is 0 Å². The highest BCUT2D eigenvalue weighted by molar-refractivity contribution is 5.78. The van der Waals surface area contributed by atoms with E-state index in [1.165, 1.54) is 24.1 Å². The molecule has 1 aromatic carbocycles. The molecule has 0 spiro atoms. The molecule has 0 saturated carbocycles. The summed E-state index contributed by atoms with van der Waals surface area (Å²) in [6, 6.07) is 6.92. The van der Waals surface area contributed by atoms with Gasteiger partial charge >= 0.3 is 0 Å². The van der Waals surface area contributed by atoms with E-state index in [2.05, 4.69) is 62.3 Å². The number of H-pyrrole nitrogens is 1. The summed E-state index contributed by atoms with van der Waals surface area (Å²) >= 11 is 0. The standard InChI is InChI=1S/C19H26N6/c1-24-7-3-4-16(19(24)18-12-21-13-25(18)2)10-20-9-14-5-6-15-11-22-23-17(15)8-14/h5-6,8,11-13,16,19-20H,3-4,7,9-10H2,1-2H3,(H,22,23)/t16-,19+/m0/s1. The van der Waals surface area contributed by atoms with Crippen molar-refractivity contribution in [1.29, 1.82) is 0 Å². The minimum absolute atomic E-state index is 0.434. The number of aryl methyl sites for hydroxylation is 1. The first-order chi connectivity index (χ1) is 12.2. The van der Waals surface area contributed by atoms with Gasteiger partial charge in [-0.2, -0.15) is 5.10 Å². The van der Waals surface area contributed by atoms with Gasteiger partial charge in [0.2, 0.25) is 0 Å². The van der Waals surface area contributed by atoms with Crippen LogP contribution in [0.5, 0.6) is 0 Å². The highest BCUT2D eigenvalue weighted by atomic mass is 15.2. The zero-order chi connectivity index (χ0) is 17.2. The van der Waals surface area contributed by atoms with Gasteiger partial charge in [-0.1, -0.05) is 12.1 Å². The number of aromatic amines is 1. The van der Waals surface area contributed by atoms with Crippen LogP contribution in [0.15, 0.2) is 36.9 Å². The Hall–Kier alpha value is -2.18. The molecule has 1 aliphatic rings. The van der Waals surface area contributed by atoms with Crippen molar-refractivity contribution in [1.82, 2.24) is 30.0 Å². The molecule has 0 unspecified atom stereocenters. The molecule has 4 rings (SSSR count). The number of fused-ring (bicyclic) bond motifs is 1. The van der Waals surface area contributed by atoms with Crippen molar-refractivity contribution in [3.05, 3.63) is 48.2 Å². The van der Waals surface area contributed by atoms with Gasteiger partial charge in [0.1, 0.15) is 0 Å². The van der Waals surface area contributed by atoms with E-state index in [1.54, 1.807) is 0 Å². The van der Waals surface area contributed by atoms with E-state index in [0.717, 1.165) is 30.5 Å². The summed E-state index contributed by atoms with van der Waals surface area (Å²) in [5.74, 6) is 0.602. The zero-order valence-electron chi connectivity index (χ0n) is 14.9. The van der Waals surface area contributed by atoms with Gasteiger partial charge < -0.3 is 9.88 Å². The summed E-state index contributed by atoms with van der Waals surface area (Å²) in [4.78, 5) is 6.80. The van der Waals surface area contributed by atoms with Gasteiger partial charge in [0.05, 0.1) is 29.8 Å². The molecule has 3 heterocycles. The van der Waals surface area contributed by atoms with Crippen LogP contribution in [0.4, 0.5) is 0 Å². The molecule has 0 amide bonds. The molecule has 0 radical (unpaired) electrons. The fraction of sp³-hybridized carbons (Fsp3) is 0.474. The molecule has 1 saturated heterocycles. The number of imidazole rings is 1. The highest BCUT2D eigenvalue weighted by Crippen LogP contribution is 2.34. The molecule has 6 nitrogen and oxygen atoms in total. The second-order valence-corrected chi connectivity index (χ2v) is 7.18. The van der Waals surface area contributed by atoms with Crippen molar-refractivity contribution in [2.24, 2.45) is 13.0 Å². The Morgan fingerprint density at radius 3 is 3.04 bits per heavy atom. The van der Waals surface area contributed by atoms with Crippen molar-refractivity contribution < 1.29 is 0 Å². The van der Waals surface area contributed by atoms with Crippen molar-refractivity contribution in [2.45, 2.75) is 25.4 Å². The lowest BCUT2D eigenvalue weighted by Crippen LogP contribution is -2.41. The first kappa shape index (κ1) is 16.3. The van der Waals surface area contributed by atoms with Crippen molar-refractivity contribution in [2.75, 3.05) is 20.1 Å². The quantitative estimate of drug-likeness (QED) is 0.750. The first-order valence-electron chi connectivity index (χ1n) is 9.01. The van der Waals surface area contributed by atoms with Crippen LogP contribution in [0.3, 0.4) is 0 Å². The van der Waals surface area contributed by atoms with Crippen LogP contribution in [0.25, 0.3) is 10.9 Å². The summed E-state index contributed by atoms with van der Waals surface area (Å²) in [5.41, 5.74) is 3.70. The second kappa shape index (κ2) is 6.98. The lowest BCUT2D eigenvalue weighted by atomic mass is 9.87. The van der Waals surface area contributed by atoms with Crippen LogP contribution in [0.1, 0.15) is 30.1 Å². The molecule has 0 bridgehead atoms. The number of aromatic nitrogens is 4. The van der Waals surface area contributed by atoms with Gasteiger partial charge in [-0.05, 0) is 44.0 Å². The summed E-state index contributed by atoms with van der Waals surface area (Å²) in [6.07, 6.45) is 8.31. The third-order valence-electron chi connectivity index (χ3n) is 5.41. The molecule has 0 aliphatic carbocycles. The Morgan fingerprint density at radius 1 is 1.28 bits per heavy atom. The number of likely N-dealkylation sites (tertiary alicyclic amines) is 1. The van der Waals surface area contributed by atoms with Gasteiger partial charge in [-0.25, -0.2) is 4.98 Å². The Morgan fingerprint density at radius 2 is 2.20 bits per heavy atom. The number of piperidine rings is 1. The van der Waals surface area contributed by atoms with E-state index < -0.39 is 0 Å². The second-order valence-electron chi connectivity index (χ2n) is 7.18. The largest absolute Gasteiger partial charge is 0.336 e. The summed E-state index contributed by atoms with van der Waals surface area (Å²) in [5, 5.41) is 12.0. The third kappa shape index (κ3) is 3.32. The van der Waals surface area contributed by atoms with Gasteiger partial charge in [0.15, 0.2) is 0 Å². The van der Waals surface area contributed by atoms with E-state index in [0.29, 0.717) is 12.0 Å². The van der Waals surface area contributed by atoms with Gasteiger partial charge in [-0.15, -0.1) is 0 Å². The third-order valence-corrected chi connectivity index (χ3v) is 5.41. The van der Waals surface area contributed by atoms with Crippen molar-refractivity contribution in [3.8, 4) is 0 Å². The number of rotatable bonds is 5. The number of nitrogens with zero attached hydrogens (tertiary/aromatic N) is 4. The van der Waals surface area contributed by atoms with Crippen LogP contribution in [-0.4, -0.2) is 44.8 Å². The SMILES string of the molecule is CN1CCC[C@@H](CNCc2ccc3cn[nH]c3c2)[C@@H]1c1cncn1C. The summed E-state index contributed by atoms with van der Waals surface area (Å²) in [7, 11) is 4.32. The molecular weight excluding hydrogens is 312 g/mol. The lowest BCUT2D eigenvalue weighted by molar-refractivity contribution is 0.113. The smallest absolute Gasteiger partial charge is 0.0946 e. The molecule has 2 aromatic heterocycles. The maximum atomic E-state index is 4.32. The van der Waals surface area contributed by atoms with Crippen LogP contribution < -0.4 is 5.32 Å². The fourth-order valence-corrected chi connectivity index (χ4v) is 4.09. The monoisotopic (exact) mass is 338 g/mol. The van der Waals surface area contributed by atoms with Crippen molar-refractivity contribution >= 4 is 10.9 Å². The lowest BCUT2D eigenvalue weighted by Gasteiger charge is -2.39. The topological polar surface area (TPSA) is 61.8 Å². The van der Waals surface area contributed by atoms with Crippen molar-refractivity contribution in [3.63, 3.8) is 0 Å². The molecule has 6 heteroatoms. The minimum atomic E-state index is 0.434. The average Bonchev–Trinajstić information content (AvgIpc) is 3.23. The molecule has 1 fully saturated rings. The van der Waals surface area contributed by atoms with Gasteiger partial charge in [0.25, 0.3) is 0 Å².